The summed E-state index contributed by atoms with van der Waals surface area (Å²) in [6, 6.07) is 0. The number of carbonyl (C=O) groups is 3. The second-order valence-electron chi connectivity index (χ2n) is 22.7. The number of hydrogen-bond donors (Lipinski definition) is 0. The van der Waals surface area contributed by atoms with E-state index >= 15 is 0 Å². The molecule has 0 saturated heterocycles. The molecular formula is C73H128O6. The van der Waals surface area contributed by atoms with Crippen LogP contribution in [0.1, 0.15) is 342 Å². The van der Waals surface area contributed by atoms with E-state index in [2.05, 4.69) is 106 Å². The molecule has 456 valence electrons. The van der Waals surface area contributed by atoms with Gasteiger partial charge in [0.15, 0.2) is 6.10 Å². The average molecular weight is 1100 g/mol. The summed E-state index contributed by atoms with van der Waals surface area (Å²) in [6.07, 6.45) is 89.5. The van der Waals surface area contributed by atoms with E-state index in [1.54, 1.807) is 0 Å². The molecule has 0 amide bonds. The van der Waals surface area contributed by atoms with Crippen molar-refractivity contribution in [3.8, 4) is 0 Å². The number of hydrogen-bond acceptors (Lipinski definition) is 6. The molecular weight excluding hydrogens is 973 g/mol. The number of ether oxygens (including phenoxy) is 3. The van der Waals surface area contributed by atoms with Gasteiger partial charge in [-0.15, -0.1) is 0 Å². The Morgan fingerprint density at radius 2 is 0.494 bits per heavy atom. The van der Waals surface area contributed by atoms with Gasteiger partial charge in [0.25, 0.3) is 0 Å². The summed E-state index contributed by atoms with van der Waals surface area (Å²) in [5.74, 6) is -0.880. The second-order valence-corrected chi connectivity index (χ2v) is 22.7. The number of rotatable bonds is 62. The molecule has 0 fully saturated rings. The largest absolute Gasteiger partial charge is 0.462 e. The first kappa shape index (κ1) is 75.6. The highest BCUT2D eigenvalue weighted by Crippen LogP contribution is 2.17. The van der Waals surface area contributed by atoms with Gasteiger partial charge < -0.3 is 14.2 Å². The smallest absolute Gasteiger partial charge is 0.306 e. The van der Waals surface area contributed by atoms with E-state index < -0.39 is 6.10 Å². The minimum Gasteiger partial charge on any atom is -0.462 e. The van der Waals surface area contributed by atoms with Crippen LogP contribution in [0.4, 0.5) is 0 Å². The molecule has 0 heterocycles. The molecule has 0 radical (unpaired) electrons. The van der Waals surface area contributed by atoms with Crippen molar-refractivity contribution in [2.24, 2.45) is 0 Å². The number of esters is 3. The molecule has 0 rings (SSSR count). The van der Waals surface area contributed by atoms with Crippen molar-refractivity contribution in [2.45, 2.75) is 348 Å². The van der Waals surface area contributed by atoms with Crippen LogP contribution in [0.15, 0.2) is 85.1 Å². The molecule has 0 aliphatic carbocycles. The van der Waals surface area contributed by atoms with Gasteiger partial charge >= 0.3 is 17.9 Å². The Morgan fingerprint density at radius 3 is 0.772 bits per heavy atom. The Labute approximate surface area is 490 Å². The lowest BCUT2D eigenvalue weighted by Gasteiger charge is -2.18. The lowest BCUT2D eigenvalue weighted by atomic mass is 10.0. The first-order chi connectivity index (χ1) is 39.0. The van der Waals surface area contributed by atoms with E-state index in [9.17, 15) is 14.4 Å². The number of carbonyl (C=O) groups excluding carboxylic acids is 3. The Hall–Kier alpha value is -3.41. The van der Waals surface area contributed by atoms with E-state index in [1.165, 1.54) is 199 Å². The molecule has 0 saturated carbocycles. The van der Waals surface area contributed by atoms with Crippen LogP contribution in [0.25, 0.3) is 0 Å². The summed E-state index contributed by atoms with van der Waals surface area (Å²) in [5, 5.41) is 0. The van der Waals surface area contributed by atoms with Crippen molar-refractivity contribution in [1.29, 1.82) is 0 Å². The van der Waals surface area contributed by atoms with Gasteiger partial charge in [0.2, 0.25) is 0 Å². The summed E-state index contributed by atoms with van der Waals surface area (Å²) >= 11 is 0. The van der Waals surface area contributed by atoms with Gasteiger partial charge in [0.05, 0.1) is 0 Å². The molecule has 0 aliphatic rings. The van der Waals surface area contributed by atoms with Crippen molar-refractivity contribution in [2.75, 3.05) is 13.2 Å². The Kier molecular flexibility index (Phi) is 64.2. The van der Waals surface area contributed by atoms with Crippen LogP contribution in [0, 0.1) is 0 Å². The Balaban J connectivity index is 3.96. The van der Waals surface area contributed by atoms with Gasteiger partial charge in [-0.25, -0.2) is 0 Å². The fourth-order valence-corrected chi connectivity index (χ4v) is 9.80. The SMILES string of the molecule is CC/C=C\C/C=C\C/C=C\C/C=C\CCCCCCCCCCCCC(=O)OC(COC(=O)CCCCCCC)COC(=O)CCCCCCCCCCCCCCCCCCCC/C=C\C/C=C\C/C=C\CCCCCCC. The average Bonchev–Trinajstić information content (AvgIpc) is 3.45. The van der Waals surface area contributed by atoms with Gasteiger partial charge in [-0.1, -0.05) is 311 Å². The van der Waals surface area contributed by atoms with Gasteiger partial charge in [-0.3, -0.25) is 14.4 Å². The van der Waals surface area contributed by atoms with E-state index in [0.717, 1.165) is 103 Å². The van der Waals surface area contributed by atoms with Crippen LogP contribution in [-0.4, -0.2) is 37.2 Å². The standard InChI is InChI=1S/C73H128O6/c1-4-7-10-13-15-17-19-21-23-25-27-29-31-32-33-34-35-36-37-38-39-40-42-43-45-47-49-51-53-55-57-60-63-66-72(75)78-69-70(68-77-71(74)65-62-59-12-9-6-3)79-73(76)67-64-61-58-56-54-52-50-48-46-44-41-30-28-26-24-22-20-18-16-14-11-8-5-2/h8,11,16,18-19,21-22,24-25,27-28,30-32,70H,4-7,9-10,12-15,17,20,23,26,29,33-69H2,1-3H3/b11-8-,18-16-,21-19-,24-22-,27-25-,30-28-,32-31-. The Morgan fingerprint density at radius 1 is 0.266 bits per heavy atom. The summed E-state index contributed by atoms with van der Waals surface area (Å²) in [4.78, 5) is 38.0. The third kappa shape index (κ3) is 65.3. The maximum absolute atomic E-state index is 12.8. The molecule has 0 N–H and O–H groups in total. The van der Waals surface area contributed by atoms with Crippen molar-refractivity contribution >= 4 is 17.9 Å². The molecule has 0 aromatic rings. The van der Waals surface area contributed by atoms with Crippen molar-refractivity contribution in [3.63, 3.8) is 0 Å². The highest BCUT2D eigenvalue weighted by Gasteiger charge is 2.19. The van der Waals surface area contributed by atoms with E-state index in [4.69, 9.17) is 14.2 Å². The lowest BCUT2D eigenvalue weighted by molar-refractivity contribution is -0.167. The van der Waals surface area contributed by atoms with Crippen molar-refractivity contribution in [3.05, 3.63) is 85.1 Å². The first-order valence-corrected chi connectivity index (χ1v) is 34.1. The fraction of sp³-hybridized carbons (Fsp3) is 0.767. The summed E-state index contributed by atoms with van der Waals surface area (Å²) in [6.45, 7) is 6.46. The Bertz CT molecular complexity index is 1500. The maximum atomic E-state index is 12.8. The predicted octanol–water partition coefficient (Wildman–Crippen LogP) is 23.4. The molecule has 0 aromatic heterocycles. The zero-order chi connectivity index (χ0) is 57.1. The fourth-order valence-electron chi connectivity index (χ4n) is 9.80. The molecule has 6 nitrogen and oxygen atoms in total. The molecule has 1 atom stereocenters. The molecule has 1 unspecified atom stereocenters. The topological polar surface area (TPSA) is 78.9 Å². The quantitative estimate of drug-likeness (QED) is 0.0261. The number of unbranched alkanes of at least 4 members (excludes halogenated alkanes) is 37. The van der Waals surface area contributed by atoms with Gasteiger partial charge in [-0.2, -0.15) is 0 Å². The normalized spacial score (nSPS) is 12.6. The minimum atomic E-state index is -0.775. The van der Waals surface area contributed by atoms with Crippen LogP contribution in [0.5, 0.6) is 0 Å². The lowest BCUT2D eigenvalue weighted by Crippen LogP contribution is -2.30. The summed E-state index contributed by atoms with van der Waals surface area (Å²) < 4.78 is 16.8. The number of allylic oxidation sites excluding steroid dienone is 14. The van der Waals surface area contributed by atoms with Crippen LogP contribution in [0.2, 0.25) is 0 Å². The van der Waals surface area contributed by atoms with Gasteiger partial charge in [-0.05, 0) is 96.3 Å². The van der Waals surface area contributed by atoms with E-state index in [0.29, 0.717) is 19.3 Å². The van der Waals surface area contributed by atoms with Crippen LogP contribution >= 0.6 is 0 Å². The van der Waals surface area contributed by atoms with E-state index in [1.807, 2.05) is 0 Å². The highest BCUT2D eigenvalue weighted by atomic mass is 16.6. The van der Waals surface area contributed by atoms with Crippen molar-refractivity contribution < 1.29 is 28.6 Å². The molecule has 0 spiro atoms. The van der Waals surface area contributed by atoms with Crippen LogP contribution < -0.4 is 0 Å². The molecule has 6 heteroatoms. The zero-order valence-electron chi connectivity index (χ0n) is 52.4. The zero-order valence-corrected chi connectivity index (χ0v) is 52.4. The van der Waals surface area contributed by atoms with Crippen LogP contribution in [0.3, 0.4) is 0 Å². The summed E-state index contributed by atoms with van der Waals surface area (Å²) in [5.41, 5.74) is 0. The monoisotopic (exact) mass is 1100 g/mol. The van der Waals surface area contributed by atoms with Crippen molar-refractivity contribution in [1.82, 2.24) is 0 Å². The first-order valence-electron chi connectivity index (χ1n) is 34.1. The van der Waals surface area contributed by atoms with Gasteiger partial charge in [0.1, 0.15) is 13.2 Å². The molecule has 79 heavy (non-hydrogen) atoms. The highest BCUT2D eigenvalue weighted by molar-refractivity contribution is 5.71. The maximum Gasteiger partial charge on any atom is 0.306 e. The minimum absolute atomic E-state index is 0.0751. The van der Waals surface area contributed by atoms with Crippen LogP contribution in [-0.2, 0) is 28.6 Å². The third-order valence-electron chi connectivity index (χ3n) is 14.9. The predicted molar refractivity (Wildman–Crippen MR) is 344 cm³/mol. The van der Waals surface area contributed by atoms with Gasteiger partial charge in [0, 0.05) is 19.3 Å². The molecule has 0 bridgehead atoms. The van der Waals surface area contributed by atoms with E-state index in [-0.39, 0.29) is 31.1 Å². The summed E-state index contributed by atoms with van der Waals surface area (Å²) in [7, 11) is 0. The second kappa shape index (κ2) is 67.1. The molecule has 0 aromatic carbocycles. The third-order valence-corrected chi connectivity index (χ3v) is 14.9. The molecule has 0 aliphatic heterocycles.